The quantitative estimate of drug-likeness (QED) is 0.853. The summed E-state index contributed by atoms with van der Waals surface area (Å²) in [6, 6.07) is 5.30. The summed E-state index contributed by atoms with van der Waals surface area (Å²) >= 11 is 0. The average molecular weight is 333 g/mol. The van der Waals surface area contributed by atoms with Crippen LogP contribution < -0.4 is 10.1 Å². The van der Waals surface area contributed by atoms with E-state index in [9.17, 15) is 9.59 Å². The Morgan fingerprint density at radius 2 is 2.00 bits per heavy atom. The number of rotatable bonds is 3. The molecule has 0 aliphatic carbocycles. The van der Waals surface area contributed by atoms with Gasteiger partial charge in [0.1, 0.15) is 11.4 Å². The molecule has 2 aliphatic heterocycles. The third-order valence-electron chi connectivity index (χ3n) is 4.97. The molecule has 0 bridgehead atoms. The molecule has 3 rings (SSSR count). The van der Waals surface area contributed by atoms with Gasteiger partial charge in [-0.25, -0.2) is 4.79 Å². The van der Waals surface area contributed by atoms with Gasteiger partial charge in [0.15, 0.2) is 0 Å². The number of carbonyl (C=O) groups excluding carboxylic acids is 2. The number of benzene rings is 1. The fraction of sp³-hybridized carbons (Fsp3) is 0.556. The van der Waals surface area contributed by atoms with Gasteiger partial charge in [-0.2, -0.15) is 0 Å². The Morgan fingerprint density at radius 3 is 2.67 bits per heavy atom. The van der Waals surface area contributed by atoms with Gasteiger partial charge >= 0.3 is 11.9 Å². The van der Waals surface area contributed by atoms with Gasteiger partial charge in [-0.05, 0) is 56.1 Å². The summed E-state index contributed by atoms with van der Waals surface area (Å²) in [6.07, 6.45) is 2.85. The minimum absolute atomic E-state index is 0.0242. The maximum Gasteiger partial charge on any atom is 0.337 e. The number of carbonyl (C=O) groups is 2. The number of piperidine rings is 1. The van der Waals surface area contributed by atoms with Gasteiger partial charge in [-0.3, -0.25) is 4.79 Å². The van der Waals surface area contributed by atoms with Crippen LogP contribution in [0.5, 0.6) is 5.75 Å². The summed E-state index contributed by atoms with van der Waals surface area (Å²) in [7, 11) is 2.75. The van der Waals surface area contributed by atoms with Crippen molar-refractivity contribution in [3.8, 4) is 5.75 Å². The number of ether oxygens (including phenoxy) is 3. The van der Waals surface area contributed by atoms with E-state index in [-0.39, 0.29) is 23.9 Å². The van der Waals surface area contributed by atoms with E-state index in [2.05, 4.69) is 5.32 Å². The maximum absolute atomic E-state index is 11.9. The minimum atomic E-state index is -0.392. The highest BCUT2D eigenvalue weighted by molar-refractivity contribution is 5.90. The van der Waals surface area contributed by atoms with Crippen molar-refractivity contribution in [2.24, 2.45) is 0 Å². The Hall–Kier alpha value is -2.08. The maximum atomic E-state index is 11.9. The summed E-state index contributed by atoms with van der Waals surface area (Å²) in [4.78, 5) is 23.7. The molecule has 1 aromatic rings. The number of fused-ring (bicyclic) bond motifs is 1. The van der Waals surface area contributed by atoms with E-state index in [1.54, 1.807) is 12.1 Å². The van der Waals surface area contributed by atoms with Gasteiger partial charge < -0.3 is 19.5 Å². The van der Waals surface area contributed by atoms with Crippen molar-refractivity contribution in [1.82, 2.24) is 5.32 Å². The highest BCUT2D eigenvalue weighted by atomic mass is 16.5. The second-order valence-electron chi connectivity index (χ2n) is 6.46. The summed E-state index contributed by atoms with van der Waals surface area (Å²) in [5, 5.41) is 3.35. The normalized spacial score (nSPS) is 21.5. The molecule has 1 spiro atoms. The zero-order chi connectivity index (χ0) is 17.2. The van der Waals surface area contributed by atoms with E-state index >= 15 is 0 Å². The van der Waals surface area contributed by atoms with Crippen LogP contribution in [0.3, 0.4) is 0 Å². The molecule has 6 heteroatoms. The Bertz CT molecular complexity index is 636. The molecule has 1 fully saturated rings. The molecule has 1 atom stereocenters. The Morgan fingerprint density at radius 1 is 1.25 bits per heavy atom. The van der Waals surface area contributed by atoms with Gasteiger partial charge in [0.2, 0.25) is 0 Å². The second-order valence-corrected chi connectivity index (χ2v) is 6.46. The SMILES string of the molecule is COC(=O)C[C@H]1CC2(CCNCC2)Oc2ccc(C(=O)OC)cc21. The molecule has 2 aliphatic rings. The molecular weight excluding hydrogens is 310 g/mol. The molecule has 0 amide bonds. The van der Waals surface area contributed by atoms with Crippen molar-refractivity contribution in [1.29, 1.82) is 0 Å². The first-order valence-electron chi connectivity index (χ1n) is 8.26. The lowest BCUT2D eigenvalue weighted by molar-refractivity contribution is -0.141. The largest absolute Gasteiger partial charge is 0.487 e. The predicted octanol–water partition coefficient (Wildman–Crippen LogP) is 2.02. The Balaban J connectivity index is 1.96. The molecular formula is C18H23NO5. The summed E-state index contributed by atoms with van der Waals surface area (Å²) in [6.45, 7) is 1.81. The average Bonchev–Trinajstić information content (AvgIpc) is 2.61. The lowest BCUT2D eigenvalue weighted by Crippen LogP contribution is -2.49. The first kappa shape index (κ1) is 16.8. The molecule has 1 saturated heterocycles. The zero-order valence-corrected chi connectivity index (χ0v) is 14.1. The summed E-state index contributed by atoms with van der Waals surface area (Å²) in [5.41, 5.74) is 1.10. The van der Waals surface area contributed by atoms with Crippen molar-refractivity contribution in [2.75, 3.05) is 27.3 Å². The third-order valence-corrected chi connectivity index (χ3v) is 4.97. The standard InChI is InChI=1S/C18H23NO5/c1-22-16(20)10-13-11-18(5-7-19-8-6-18)24-15-4-3-12(9-14(13)15)17(21)23-2/h3-4,9,13,19H,5-8,10-11H2,1-2H3/t13-/m0/s1. The van der Waals surface area contributed by atoms with Crippen LogP contribution in [0, 0.1) is 0 Å². The van der Waals surface area contributed by atoms with Gasteiger partial charge in [0, 0.05) is 5.92 Å². The molecule has 6 nitrogen and oxygen atoms in total. The molecule has 0 aromatic heterocycles. The molecule has 0 saturated carbocycles. The first-order chi connectivity index (χ1) is 11.6. The van der Waals surface area contributed by atoms with Crippen molar-refractivity contribution >= 4 is 11.9 Å². The third kappa shape index (κ3) is 3.24. The van der Waals surface area contributed by atoms with Crippen LogP contribution in [-0.2, 0) is 14.3 Å². The van der Waals surface area contributed by atoms with Crippen molar-refractivity contribution in [2.45, 2.75) is 37.2 Å². The van der Waals surface area contributed by atoms with Crippen molar-refractivity contribution in [3.05, 3.63) is 29.3 Å². The van der Waals surface area contributed by atoms with Crippen LogP contribution in [0.2, 0.25) is 0 Å². The van der Waals surface area contributed by atoms with E-state index in [0.29, 0.717) is 5.56 Å². The Labute approximate surface area is 141 Å². The first-order valence-corrected chi connectivity index (χ1v) is 8.26. The lowest BCUT2D eigenvalue weighted by Gasteiger charge is -2.44. The molecule has 0 unspecified atom stereocenters. The highest BCUT2D eigenvalue weighted by Gasteiger charge is 2.42. The van der Waals surface area contributed by atoms with Crippen LogP contribution in [0.15, 0.2) is 18.2 Å². The number of hydrogen-bond donors (Lipinski definition) is 1. The molecule has 2 heterocycles. The molecule has 1 N–H and O–H groups in total. The monoisotopic (exact) mass is 333 g/mol. The van der Waals surface area contributed by atoms with E-state index in [1.807, 2.05) is 6.07 Å². The summed E-state index contributed by atoms with van der Waals surface area (Å²) in [5.74, 6) is 0.0887. The van der Waals surface area contributed by atoms with E-state index in [0.717, 1.165) is 43.7 Å². The van der Waals surface area contributed by atoms with E-state index < -0.39 is 5.97 Å². The van der Waals surface area contributed by atoms with E-state index in [1.165, 1.54) is 14.2 Å². The molecule has 130 valence electrons. The number of methoxy groups -OCH3 is 2. The molecule has 24 heavy (non-hydrogen) atoms. The van der Waals surface area contributed by atoms with Crippen LogP contribution in [-0.4, -0.2) is 44.8 Å². The van der Waals surface area contributed by atoms with Gasteiger partial charge in [-0.1, -0.05) is 0 Å². The lowest BCUT2D eigenvalue weighted by atomic mass is 9.76. The smallest absolute Gasteiger partial charge is 0.337 e. The van der Waals surface area contributed by atoms with Crippen molar-refractivity contribution in [3.63, 3.8) is 0 Å². The number of nitrogens with one attached hydrogen (secondary N) is 1. The topological polar surface area (TPSA) is 73.9 Å². The van der Waals surface area contributed by atoms with E-state index in [4.69, 9.17) is 14.2 Å². The Kier molecular flexibility index (Phi) is 4.76. The number of esters is 2. The fourth-order valence-electron chi connectivity index (χ4n) is 3.69. The van der Waals surface area contributed by atoms with Crippen molar-refractivity contribution < 1.29 is 23.8 Å². The zero-order valence-electron chi connectivity index (χ0n) is 14.1. The van der Waals surface area contributed by atoms with Crippen LogP contribution >= 0.6 is 0 Å². The van der Waals surface area contributed by atoms with Crippen LogP contribution in [0.1, 0.15) is 47.5 Å². The molecule has 0 radical (unpaired) electrons. The summed E-state index contributed by atoms with van der Waals surface area (Å²) < 4.78 is 16.0. The molecule has 1 aromatic carbocycles. The number of hydrogen-bond acceptors (Lipinski definition) is 6. The van der Waals surface area contributed by atoms with Gasteiger partial charge in [0.05, 0.1) is 26.2 Å². The predicted molar refractivity (Wildman–Crippen MR) is 87.2 cm³/mol. The highest BCUT2D eigenvalue weighted by Crippen LogP contribution is 2.46. The van der Waals surface area contributed by atoms with Crippen LogP contribution in [0.25, 0.3) is 0 Å². The second kappa shape index (κ2) is 6.81. The van der Waals surface area contributed by atoms with Gasteiger partial charge in [-0.15, -0.1) is 0 Å². The van der Waals surface area contributed by atoms with Crippen LogP contribution in [0.4, 0.5) is 0 Å². The minimum Gasteiger partial charge on any atom is -0.487 e. The fourth-order valence-corrected chi connectivity index (χ4v) is 3.69. The van der Waals surface area contributed by atoms with Gasteiger partial charge in [0.25, 0.3) is 0 Å².